The highest BCUT2D eigenvalue weighted by Crippen LogP contribution is 2.23. The number of ketones is 1. The maximum absolute atomic E-state index is 11.3. The van der Waals surface area contributed by atoms with Gasteiger partial charge in [0.05, 0.1) is 17.4 Å². The Morgan fingerprint density at radius 1 is 1.50 bits per heavy atom. The highest BCUT2D eigenvalue weighted by atomic mass is 79.9. The summed E-state index contributed by atoms with van der Waals surface area (Å²) >= 11 is 3.37. The molecule has 4 heteroatoms. The second kappa shape index (κ2) is 3.20. The van der Waals surface area contributed by atoms with Crippen LogP contribution in [0.25, 0.3) is 11.0 Å². The first-order valence-corrected chi connectivity index (χ1v) is 5.00. The van der Waals surface area contributed by atoms with Crippen molar-refractivity contribution in [2.24, 2.45) is 7.05 Å². The van der Waals surface area contributed by atoms with Crippen molar-refractivity contribution in [1.82, 2.24) is 9.55 Å². The minimum Gasteiger partial charge on any atom is -0.334 e. The number of carbonyl (C=O) groups excluding carboxylic acids is 1. The number of nitrogens with zero attached hydrogens (tertiary/aromatic N) is 2. The zero-order valence-electron chi connectivity index (χ0n) is 7.91. The standard InChI is InChI=1S/C10H9BrN2O/c1-6(14)7-3-9-10(4-8(7)11)13(2)5-12-9/h3-5H,1-2H3. The summed E-state index contributed by atoms with van der Waals surface area (Å²) in [5.41, 5.74) is 2.54. The number of hydrogen-bond acceptors (Lipinski definition) is 2. The van der Waals surface area contributed by atoms with Crippen LogP contribution in [0, 0.1) is 0 Å². The van der Waals surface area contributed by atoms with Gasteiger partial charge in [-0.25, -0.2) is 4.98 Å². The number of fused-ring (bicyclic) bond motifs is 1. The third-order valence-corrected chi connectivity index (χ3v) is 2.85. The van der Waals surface area contributed by atoms with Gasteiger partial charge >= 0.3 is 0 Å². The quantitative estimate of drug-likeness (QED) is 0.732. The second-order valence-corrected chi connectivity index (χ2v) is 4.09. The maximum atomic E-state index is 11.3. The van der Waals surface area contributed by atoms with Gasteiger partial charge < -0.3 is 4.57 Å². The van der Waals surface area contributed by atoms with Gasteiger partial charge in [0.2, 0.25) is 0 Å². The van der Waals surface area contributed by atoms with Crippen LogP contribution < -0.4 is 0 Å². The van der Waals surface area contributed by atoms with Crippen LogP contribution in [0.5, 0.6) is 0 Å². The molecule has 0 aliphatic rings. The van der Waals surface area contributed by atoms with E-state index in [0.29, 0.717) is 5.56 Å². The highest BCUT2D eigenvalue weighted by molar-refractivity contribution is 9.10. The molecule has 2 aromatic rings. The minimum absolute atomic E-state index is 0.0458. The number of aryl methyl sites for hydroxylation is 1. The van der Waals surface area contributed by atoms with E-state index < -0.39 is 0 Å². The van der Waals surface area contributed by atoms with Crippen LogP contribution in [0.15, 0.2) is 22.9 Å². The molecule has 0 spiro atoms. The van der Waals surface area contributed by atoms with Crippen molar-refractivity contribution in [2.75, 3.05) is 0 Å². The molecule has 0 fully saturated rings. The Kier molecular flexibility index (Phi) is 2.15. The SMILES string of the molecule is CC(=O)c1cc2ncn(C)c2cc1Br. The van der Waals surface area contributed by atoms with Crippen LogP contribution in [0.2, 0.25) is 0 Å². The summed E-state index contributed by atoms with van der Waals surface area (Å²) < 4.78 is 2.74. The molecule has 2 rings (SSSR count). The fraction of sp³-hybridized carbons (Fsp3) is 0.200. The molecule has 0 unspecified atom stereocenters. The number of Topliss-reactive ketones (excluding diaryl/α,β-unsaturated/α-hetero) is 1. The lowest BCUT2D eigenvalue weighted by Gasteiger charge is -2.01. The smallest absolute Gasteiger partial charge is 0.161 e. The van der Waals surface area contributed by atoms with Crippen molar-refractivity contribution < 1.29 is 4.79 Å². The summed E-state index contributed by atoms with van der Waals surface area (Å²) in [6.07, 6.45) is 1.74. The van der Waals surface area contributed by atoms with Crippen LogP contribution in [0.3, 0.4) is 0 Å². The van der Waals surface area contributed by atoms with Crippen LogP contribution >= 0.6 is 15.9 Å². The van der Waals surface area contributed by atoms with Crippen molar-refractivity contribution in [2.45, 2.75) is 6.92 Å². The summed E-state index contributed by atoms with van der Waals surface area (Å²) in [5, 5.41) is 0. The molecule has 0 N–H and O–H groups in total. The van der Waals surface area contributed by atoms with Gasteiger partial charge in [-0.2, -0.15) is 0 Å². The molecule has 1 aromatic carbocycles. The number of rotatable bonds is 1. The van der Waals surface area contributed by atoms with Gasteiger partial charge in [-0.05, 0) is 35.0 Å². The predicted octanol–water partition coefficient (Wildman–Crippen LogP) is 2.54. The molecular weight excluding hydrogens is 244 g/mol. The molecule has 72 valence electrons. The van der Waals surface area contributed by atoms with Crippen molar-refractivity contribution >= 4 is 32.7 Å². The molecule has 0 aliphatic heterocycles. The van der Waals surface area contributed by atoms with E-state index in [-0.39, 0.29) is 5.78 Å². The van der Waals surface area contributed by atoms with Crippen molar-refractivity contribution in [3.63, 3.8) is 0 Å². The topological polar surface area (TPSA) is 34.9 Å². The second-order valence-electron chi connectivity index (χ2n) is 3.23. The number of aromatic nitrogens is 2. The zero-order chi connectivity index (χ0) is 10.3. The molecule has 0 saturated carbocycles. The van der Waals surface area contributed by atoms with Gasteiger partial charge in [0.1, 0.15) is 0 Å². The van der Waals surface area contributed by atoms with E-state index in [4.69, 9.17) is 0 Å². The van der Waals surface area contributed by atoms with E-state index in [1.165, 1.54) is 0 Å². The Morgan fingerprint density at radius 2 is 2.21 bits per heavy atom. The molecule has 1 heterocycles. The molecule has 3 nitrogen and oxygen atoms in total. The Hall–Kier alpha value is -1.16. The van der Waals surface area contributed by atoms with Gasteiger partial charge in [-0.3, -0.25) is 4.79 Å². The van der Waals surface area contributed by atoms with E-state index in [1.54, 1.807) is 13.3 Å². The molecule has 0 radical (unpaired) electrons. The van der Waals surface area contributed by atoms with Crippen molar-refractivity contribution in [3.05, 3.63) is 28.5 Å². The van der Waals surface area contributed by atoms with E-state index in [1.807, 2.05) is 23.7 Å². The predicted molar refractivity (Wildman–Crippen MR) is 58.4 cm³/mol. The van der Waals surface area contributed by atoms with Crippen molar-refractivity contribution in [1.29, 1.82) is 0 Å². The summed E-state index contributed by atoms with van der Waals surface area (Å²) in [7, 11) is 1.93. The summed E-state index contributed by atoms with van der Waals surface area (Å²) in [4.78, 5) is 15.4. The molecule has 0 bridgehead atoms. The van der Waals surface area contributed by atoms with E-state index in [2.05, 4.69) is 20.9 Å². The number of carbonyl (C=O) groups is 1. The monoisotopic (exact) mass is 252 g/mol. The number of halogens is 1. The lowest BCUT2D eigenvalue weighted by molar-refractivity contribution is 0.101. The Labute approximate surface area is 89.9 Å². The van der Waals surface area contributed by atoms with Crippen LogP contribution in [0.4, 0.5) is 0 Å². The van der Waals surface area contributed by atoms with Crippen LogP contribution in [0.1, 0.15) is 17.3 Å². The number of imidazole rings is 1. The van der Waals surface area contributed by atoms with E-state index in [9.17, 15) is 4.79 Å². The summed E-state index contributed by atoms with van der Waals surface area (Å²) in [6, 6.07) is 3.72. The third kappa shape index (κ3) is 1.35. The fourth-order valence-corrected chi connectivity index (χ4v) is 2.03. The van der Waals surface area contributed by atoms with Gasteiger partial charge in [0, 0.05) is 17.1 Å². The minimum atomic E-state index is 0.0458. The van der Waals surface area contributed by atoms with Crippen LogP contribution in [-0.2, 0) is 7.05 Å². The lowest BCUT2D eigenvalue weighted by atomic mass is 10.1. The average Bonchev–Trinajstić information content (AvgIpc) is 2.46. The maximum Gasteiger partial charge on any atom is 0.161 e. The van der Waals surface area contributed by atoms with Gasteiger partial charge in [-0.15, -0.1) is 0 Å². The molecule has 0 amide bonds. The first kappa shape index (κ1) is 9.40. The van der Waals surface area contributed by atoms with Gasteiger partial charge in [0.25, 0.3) is 0 Å². The fourth-order valence-electron chi connectivity index (χ4n) is 1.42. The highest BCUT2D eigenvalue weighted by Gasteiger charge is 2.09. The third-order valence-electron chi connectivity index (χ3n) is 2.19. The largest absolute Gasteiger partial charge is 0.334 e. The van der Waals surface area contributed by atoms with Gasteiger partial charge in [-0.1, -0.05) is 0 Å². The van der Waals surface area contributed by atoms with Crippen molar-refractivity contribution in [3.8, 4) is 0 Å². The Morgan fingerprint density at radius 3 is 2.86 bits per heavy atom. The first-order chi connectivity index (χ1) is 6.59. The molecule has 14 heavy (non-hydrogen) atoms. The zero-order valence-corrected chi connectivity index (χ0v) is 9.50. The number of hydrogen-bond donors (Lipinski definition) is 0. The normalized spacial score (nSPS) is 10.8. The molecule has 0 saturated heterocycles. The lowest BCUT2D eigenvalue weighted by Crippen LogP contribution is -1.94. The van der Waals surface area contributed by atoms with Gasteiger partial charge in [0.15, 0.2) is 5.78 Å². The molecule has 0 atom stereocenters. The van der Waals surface area contributed by atoms with E-state index >= 15 is 0 Å². The van der Waals surface area contributed by atoms with Crippen LogP contribution in [-0.4, -0.2) is 15.3 Å². The summed E-state index contributed by atoms with van der Waals surface area (Å²) in [6.45, 7) is 1.55. The molecule has 0 aliphatic carbocycles. The Bertz CT molecular complexity index is 516. The van der Waals surface area contributed by atoms with E-state index in [0.717, 1.165) is 15.5 Å². The molecular formula is C10H9BrN2O. The Balaban J connectivity index is 2.79. The summed E-state index contributed by atoms with van der Waals surface area (Å²) in [5.74, 6) is 0.0458. The number of benzene rings is 1. The first-order valence-electron chi connectivity index (χ1n) is 4.21. The average molecular weight is 253 g/mol. The molecule has 1 aromatic heterocycles.